The monoisotopic (exact) mass is 420 g/mol. The molecule has 2 atom stereocenters. The third-order valence-corrected chi connectivity index (χ3v) is 7.14. The molecule has 0 aliphatic carbocycles. The van der Waals surface area contributed by atoms with Crippen molar-refractivity contribution in [3.63, 3.8) is 0 Å². The van der Waals surface area contributed by atoms with E-state index in [1.54, 1.807) is 11.8 Å². The normalized spacial score (nSPS) is 20.7. The summed E-state index contributed by atoms with van der Waals surface area (Å²) in [7, 11) is -3.62. The second-order valence-electron chi connectivity index (χ2n) is 6.76. The summed E-state index contributed by atoms with van der Waals surface area (Å²) in [4.78, 5) is 13.7. The molecule has 1 heterocycles. The molecule has 1 aliphatic rings. The minimum Gasteiger partial charge on any atom is -0.373 e. The van der Waals surface area contributed by atoms with E-state index in [4.69, 9.17) is 4.74 Å². The molecule has 0 spiro atoms. The zero-order valence-corrected chi connectivity index (χ0v) is 17.7. The zero-order valence-electron chi connectivity index (χ0n) is 16.1. The Hall–Kier alpha value is -1.87. The fraction of sp³-hybridized carbons (Fsp3) is 0.350. The molecule has 28 heavy (non-hydrogen) atoms. The highest BCUT2D eigenvalue weighted by Crippen LogP contribution is 2.26. The van der Waals surface area contributed by atoms with Crippen LogP contribution in [0.4, 0.5) is 5.69 Å². The number of amides is 1. The summed E-state index contributed by atoms with van der Waals surface area (Å²) in [5.74, 6) is -0.279. The molecule has 1 N–H and O–H groups in total. The first-order valence-corrected chi connectivity index (χ1v) is 11.7. The van der Waals surface area contributed by atoms with Gasteiger partial charge in [-0.15, -0.1) is 11.8 Å². The fourth-order valence-corrected chi connectivity index (χ4v) is 5.34. The summed E-state index contributed by atoms with van der Waals surface area (Å²) in [6.07, 6.45) is 1.64. The van der Waals surface area contributed by atoms with Gasteiger partial charge in [0.2, 0.25) is 10.0 Å². The standard InChI is InChI=1S/C20H24N2O4S2/c1-14-12-22(13-15(2)26-14)28(24,25)17-10-8-16(9-11-17)20(23)21-18-6-4-5-7-19(18)27-3/h4-11,14-15H,12-13H2,1-3H3,(H,21,23)/t14-,15+. The largest absolute Gasteiger partial charge is 0.373 e. The van der Waals surface area contributed by atoms with Crippen molar-refractivity contribution < 1.29 is 17.9 Å². The maximum Gasteiger partial charge on any atom is 0.255 e. The number of sulfonamides is 1. The Labute approximate surface area is 170 Å². The van der Waals surface area contributed by atoms with Crippen LogP contribution in [-0.4, -0.2) is 50.2 Å². The van der Waals surface area contributed by atoms with Gasteiger partial charge in [-0.1, -0.05) is 12.1 Å². The van der Waals surface area contributed by atoms with E-state index in [2.05, 4.69) is 5.32 Å². The van der Waals surface area contributed by atoms with Crippen LogP contribution in [0.3, 0.4) is 0 Å². The molecule has 1 fully saturated rings. The van der Waals surface area contributed by atoms with Gasteiger partial charge in [0, 0.05) is 23.5 Å². The number of carbonyl (C=O) groups excluding carboxylic acids is 1. The summed E-state index contributed by atoms with van der Waals surface area (Å²) >= 11 is 1.54. The maximum absolute atomic E-state index is 12.9. The Morgan fingerprint density at radius 1 is 1.07 bits per heavy atom. The number of para-hydroxylation sites is 1. The molecule has 0 saturated carbocycles. The quantitative estimate of drug-likeness (QED) is 0.750. The number of hydrogen-bond acceptors (Lipinski definition) is 5. The predicted octanol–water partition coefficient (Wildman–Crippen LogP) is 3.46. The highest BCUT2D eigenvalue weighted by atomic mass is 32.2. The van der Waals surface area contributed by atoms with Crippen LogP contribution in [0.5, 0.6) is 0 Å². The fourth-order valence-electron chi connectivity index (χ4n) is 3.20. The average molecular weight is 421 g/mol. The Bertz CT molecular complexity index is 935. The molecule has 150 valence electrons. The first-order chi connectivity index (χ1) is 13.3. The molecular weight excluding hydrogens is 396 g/mol. The summed E-state index contributed by atoms with van der Waals surface area (Å²) in [5, 5.41) is 2.87. The van der Waals surface area contributed by atoms with E-state index < -0.39 is 10.0 Å². The molecule has 0 radical (unpaired) electrons. The Balaban J connectivity index is 1.76. The topological polar surface area (TPSA) is 75.7 Å². The second-order valence-corrected chi connectivity index (χ2v) is 9.54. The van der Waals surface area contributed by atoms with E-state index in [-0.39, 0.29) is 23.0 Å². The number of benzene rings is 2. The molecule has 0 aromatic heterocycles. The molecular formula is C20H24N2O4S2. The predicted molar refractivity (Wildman–Crippen MR) is 111 cm³/mol. The number of morpholine rings is 1. The molecule has 1 saturated heterocycles. The SMILES string of the molecule is CSc1ccccc1NC(=O)c1ccc(S(=O)(=O)N2C[C@@H](C)O[C@@H](C)C2)cc1. The lowest BCUT2D eigenvalue weighted by atomic mass is 10.2. The van der Waals surface area contributed by atoms with E-state index in [0.717, 1.165) is 10.6 Å². The van der Waals surface area contributed by atoms with Crippen molar-refractivity contribution in [2.45, 2.75) is 35.8 Å². The number of carbonyl (C=O) groups is 1. The third kappa shape index (κ3) is 4.57. The van der Waals surface area contributed by atoms with E-state index >= 15 is 0 Å². The molecule has 2 aromatic rings. The van der Waals surface area contributed by atoms with Crippen LogP contribution < -0.4 is 5.32 Å². The number of anilines is 1. The smallest absolute Gasteiger partial charge is 0.255 e. The van der Waals surface area contributed by atoms with Gasteiger partial charge in [0.25, 0.3) is 5.91 Å². The van der Waals surface area contributed by atoms with Crippen molar-refractivity contribution in [2.75, 3.05) is 24.7 Å². The molecule has 3 rings (SSSR count). The van der Waals surface area contributed by atoms with E-state index in [0.29, 0.717) is 18.7 Å². The second kappa shape index (κ2) is 8.65. The van der Waals surface area contributed by atoms with Crippen molar-refractivity contribution >= 4 is 33.4 Å². The van der Waals surface area contributed by atoms with Gasteiger partial charge in [0.15, 0.2) is 0 Å². The number of rotatable bonds is 5. The zero-order chi connectivity index (χ0) is 20.3. The van der Waals surface area contributed by atoms with E-state index in [1.807, 2.05) is 44.4 Å². The first kappa shape index (κ1) is 20.9. The summed E-state index contributed by atoms with van der Waals surface area (Å²) in [6, 6.07) is 13.6. The number of nitrogens with one attached hydrogen (secondary N) is 1. The van der Waals surface area contributed by atoms with Gasteiger partial charge < -0.3 is 10.1 Å². The summed E-state index contributed by atoms with van der Waals surface area (Å²) < 4.78 is 32.9. The molecule has 0 unspecified atom stereocenters. The van der Waals surface area contributed by atoms with Crippen molar-refractivity contribution in [3.05, 3.63) is 54.1 Å². The minimum absolute atomic E-state index is 0.153. The van der Waals surface area contributed by atoms with Crippen LogP contribution >= 0.6 is 11.8 Å². The number of hydrogen-bond donors (Lipinski definition) is 1. The van der Waals surface area contributed by atoms with Crippen molar-refractivity contribution in [1.82, 2.24) is 4.31 Å². The van der Waals surface area contributed by atoms with Gasteiger partial charge in [0.1, 0.15) is 0 Å². The van der Waals surface area contributed by atoms with Crippen molar-refractivity contribution in [1.29, 1.82) is 0 Å². The van der Waals surface area contributed by atoms with Crippen LogP contribution in [0.25, 0.3) is 0 Å². The van der Waals surface area contributed by atoms with Gasteiger partial charge >= 0.3 is 0 Å². The number of ether oxygens (including phenoxy) is 1. The van der Waals surface area contributed by atoms with Gasteiger partial charge in [0.05, 0.1) is 22.8 Å². The van der Waals surface area contributed by atoms with Gasteiger partial charge in [-0.2, -0.15) is 4.31 Å². The highest BCUT2D eigenvalue weighted by Gasteiger charge is 2.32. The Kier molecular flexibility index (Phi) is 6.44. The molecule has 1 aliphatic heterocycles. The Morgan fingerprint density at radius 3 is 2.29 bits per heavy atom. The van der Waals surface area contributed by atoms with E-state index in [9.17, 15) is 13.2 Å². The molecule has 8 heteroatoms. The van der Waals surface area contributed by atoms with Crippen molar-refractivity contribution in [3.8, 4) is 0 Å². The number of nitrogens with zero attached hydrogens (tertiary/aromatic N) is 1. The van der Waals surface area contributed by atoms with Crippen molar-refractivity contribution in [2.24, 2.45) is 0 Å². The number of thioether (sulfide) groups is 1. The molecule has 1 amide bonds. The third-order valence-electron chi connectivity index (χ3n) is 4.50. The van der Waals surface area contributed by atoms with Gasteiger partial charge in [-0.3, -0.25) is 4.79 Å². The van der Waals surface area contributed by atoms with Crippen LogP contribution in [0.2, 0.25) is 0 Å². The van der Waals surface area contributed by atoms with Gasteiger partial charge in [-0.25, -0.2) is 8.42 Å². The van der Waals surface area contributed by atoms with Crippen LogP contribution in [0.1, 0.15) is 24.2 Å². The minimum atomic E-state index is -3.62. The lowest BCUT2D eigenvalue weighted by Gasteiger charge is -2.34. The van der Waals surface area contributed by atoms with E-state index in [1.165, 1.54) is 28.6 Å². The molecule has 2 aromatic carbocycles. The lowest BCUT2D eigenvalue weighted by molar-refractivity contribution is -0.0440. The average Bonchev–Trinajstić information content (AvgIpc) is 2.67. The summed E-state index contributed by atoms with van der Waals surface area (Å²) in [6.45, 7) is 4.36. The Morgan fingerprint density at radius 2 is 1.68 bits per heavy atom. The maximum atomic E-state index is 12.9. The lowest BCUT2D eigenvalue weighted by Crippen LogP contribution is -2.48. The van der Waals surface area contributed by atoms with Gasteiger partial charge in [-0.05, 0) is 56.5 Å². The highest BCUT2D eigenvalue weighted by molar-refractivity contribution is 7.98. The molecule has 0 bridgehead atoms. The first-order valence-electron chi connectivity index (χ1n) is 9.01. The van der Waals surface area contributed by atoms with Crippen LogP contribution in [0.15, 0.2) is 58.3 Å². The summed E-state index contributed by atoms with van der Waals surface area (Å²) in [5.41, 5.74) is 1.13. The van der Waals surface area contributed by atoms with Crippen LogP contribution in [0, 0.1) is 0 Å². The van der Waals surface area contributed by atoms with Crippen LogP contribution in [-0.2, 0) is 14.8 Å². The molecule has 6 nitrogen and oxygen atoms in total.